The van der Waals surface area contributed by atoms with Crippen LogP contribution in [0.15, 0.2) is 60.9 Å². The van der Waals surface area contributed by atoms with Crippen LogP contribution in [0.25, 0.3) is 10.9 Å². The maximum Gasteiger partial charge on any atom is 0.328 e. The second-order valence-electron chi connectivity index (χ2n) is 5.42. The number of anilines is 1. The van der Waals surface area contributed by atoms with Crippen LogP contribution in [0, 0.1) is 0 Å². The van der Waals surface area contributed by atoms with Gasteiger partial charge in [0.1, 0.15) is 5.69 Å². The Kier molecular flexibility index (Phi) is 6.89. The van der Waals surface area contributed by atoms with Crippen molar-refractivity contribution in [1.29, 1.82) is 0 Å². The Morgan fingerprint density at radius 2 is 1.82 bits per heavy atom. The third kappa shape index (κ3) is 5.18. The first-order chi connectivity index (χ1) is 13.3. The molecule has 0 saturated carbocycles. The zero-order valence-electron chi connectivity index (χ0n) is 14.7. The molecule has 0 bridgehead atoms. The van der Waals surface area contributed by atoms with Gasteiger partial charge in [0.2, 0.25) is 0 Å². The van der Waals surface area contributed by atoms with Crippen LogP contribution in [0.5, 0.6) is 0 Å². The minimum atomic E-state index is -1.26. The molecule has 0 fully saturated rings. The topological polar surface area (TPSA) is 113 Å². The molecule has 9 heteroatoms. The summed E-state index contributed by atoms with van der Waals surface area (Å²) in [4.78, 5) is 34.5. The van der Waals surface area contributed by atoms with E-state index in [2.05, 4.69) is 4.98 Å². The first-order valence-corrected chi connectivity index (χ1v) is 8.26. The van der Waals surface area contributed by atoms with Gasteiger partial charge >= 0.3 is 11.9 Å². The van der Waals surface area contributed by atoms with Crippen LogP contribution in [0.2, 0.25) is 5.02 Å². The van der Waals surface area contributed by atoms with Crippen molar-refractivity contribution in [2.75, 3.05) is 12.1 Å². The number of nitrogens with zero attached hydrogens (tertiary/aromatic N) is 3. The molecular weight excluding hydrogens is 386 g/mol. The molecule has 0 atom stereocenters. The van der Waals surface area contributed by atoms with Gasteiger partial charge in [-0.3, -0.25) is 19.5 Å². The van der Waals surface area contributed by atoms with Crippen molar-refractivity contribution in [2.24, 2.45) is 0 Å². The van der Waals surface area contributed by atoms with E-state index in [4.69, 9.17) is 21.8 Å². The molecule has 2 aromatic heterocycles. The SMILES string of the molecule is CN(c1ccnc2cc(Cl)ccc12)n1cccc1C=O.O=C(O)/C=C\C(=O)O. The molecule has 8 nitrogen and oxygen atoms in total. The first-order valence-electron chi connectivity index (χ1n) is 7.88. The zero-order valence-corrected chi connectivity index (χ0v) is 15.4. The number of halogens is 1. The molecule has 0 aliphatic heterocycles. The lowest BCUT2D eigenvalue weighted by Crippen LogP contribution is -2.25. The Bertz CT molecular complexity index is 1030. The highest BCUT2D eigenvalue weighted by atomic mass is 35.5. The molecule has 144 valence electrons. The number of carbonyl (C=O) groups excluding carboxylic acids is 1. The summed E-state index contributed by atoms with van der Waals surface area (Å²) in [6.07, 6.45) is 5.52. The minimum absolute atomic E-state index is 0.558. The van der Waals surface area contributed by atoms with Crippen LogP contribution >= 0.6 is 11.6 Å². The van der Waals surface area contributed by atoms with Crippen molar-refractivity contribution in [3.63, 3.8) is 0 Å². The van der Waals surface area contributed by atoms with Gasteiger partial charge in [0.25, 0.3) is 0 Å². The second-order valence-corrected chi connectivity index (χ2v) is 5.86. The summed E-state index contributed by atoms with van der Waals surface area (Å²) in [6.45, 7) is 0. The zero-order chi connectivity index (χ0) is 20.7. The van der Waals surface area contributed by atoms with E-state index >= 15 is 0 Å². The van der Waals surface area contributed by atoms with Gasteiger partial charge in [-0.05, 0) is 36.4 Å². The first kappa shape index (κ1) is 20.7. The number of aldehydes is 1. The number of carboxylic acid groups (broad SMARTS) is 2. The number of carboxylic acids is 2. The van der Waals surface area contributed by atoms with E-state index in [0.717, 1.165) is 22.9 Å². The molecule has 0 aliphatic carbocycles. The van der Waals surface area contributed by atoms with E-state index in [1.54, 1.807) is 16.9 Å². The van der Waals surface area contributed by atoms with Crippen molar-refractivity contribution < 1.29 is 24.6 Å². The largest absolute Gasteiger partial charge is 0.478 e. The highest BCUT2D eigenvalue weighted by Gasteiger charge is 2.10. The standard InChI is InChI=1S/C15H12ClN3O.C4H4O4/c1-18(19-8-2-3-12(19)10-20)15-6-7-17-14-9-11(16)4-5-13(14)15;5-3(6)1-2-4(7)8/h2-10H,1H3;1-2H,(H,5,6)(H,7,8)/b;2-1-. The molecule has 0 spiro atoms. The van der Waals surface area contributed by atoms with Crippen LogP contribution < -0.4 is 5.01 Å². The van der Waals surface area contributed by atoms with Gasteiger partial charge < -0.3 is 10.2 Å². The van der Waals surface area contributed by atoms with Crippen molar-refractivity contribution in [1.82, 2.24) is 9.66 Å². The summed E-state index contributed by atoms with van der Waals surface area (Å²) in [6, 6.07) is 11.1. The minimum Gasteiger partial charge on any atom is -0.478 e. The van der Waals surface area contributed by atoms with E-state index < -0.39 is 11.9 Å². The molecule has 0 radical (unpaired) electrons. The van der Waals surface area contributed by atoms with Gasteiger partial charge in [-0.15, -0.1) is 0 Å². The smallest absolute Gasteiger partial charge is 0.328 e. The maximum absolute atomic E-state index is 11.1. The number of pyridine rings is 1. The highest BCUT2D eigenvalue weighted by molar-refractivity contribution is 6.31. The van der Waals surface area contributed by atoms with Crippen molar-refractivity contribution >= 4 is 46.4 Å². The van der Waals surface area contributed by atoms with E-state index in [0.29, 0.717) is 22.9 Å². The van der Waals surface area contributed by atoms with Crippen molar-refractivity contribution in [2.45, 2.75) is 0 Å². The van der Waals surface area contributed by atoms with E-state index in [1.165, 1.54) is 0 Å². The van der Waals surface area contributed by atoms with Crippen LogP contribution in [0.4, 0.5) is 5.69 Å². The molecule has 2 heterocycles. The summed E-state index contributed by atoms with van der Waals surface area (Å²) < 4.78 is 1.79. The highest BCUT2D eigenvalue weighted by Crippen LogP contribution is 2.27. The summed E-state index contributed by atoms with van der Waals surface area (Å²) in [5.41, 5.74) is 2.36. The second kappa shape index (κ2) is 9.33. The summed E-state index contributed by atoms with van der Waals surface area (Å²) >= 11 is 5.99. The Labute approximate surface area is 164 Å². The third-order valence-corrected chi connectivity index (χ3v) is 3.84. The molecule has 3 rings (SSSR count). The Balaban J connectivity index is 0.000000300. The van der Waals surface area contributed by atoms with Gasteiger partial charge in [-0.1, -0.05) is 11.6 Å². The quantitative estimate of drug-likeness (QED) is 0.498. The van der Waals surface area contributed by atoms with E-state index in [-0.39, 0.29) is 0 Å². The van der Waals surface area contributed by atoms with Gasteiger partial charge in [-0.2, -0.15) is 0 Å². The monoisotopic (exact) mass is 401 g/mol. The number of rotatable bonds is 5. The molecular formula is C19H16ClN3O5. The van der Waals surface area contributed by atoms with Crippen LogP contribution in [0.3, 0.4) is 0 Å². The molecule has 28 heavy (non-hydrogen) atoms. The number of hydrogen-bond acceptors (Lipinski definition) is 5. The van der Waals surface area contributed by atoms with Gasteiger partial charge in [-0.25, -0.2) is 9.59 Å². The molecule has 0 unspecified atom stereocenters. The van der Waals surface area contributed by atoms with Crippen LogP contribution in [-0.2, 0) is 9.59 Å². The predicted molar refractivity (Wildman–Crippen MR) is 105 cm³/mol. The molecule has 0 aliphatic rings. The normalized spacial score (nSPS) is 10.4. The summed E-state index contributed by atoms with van der Waals surface area (Å²) in [5, 5.41) is 19.2. The van der Waals surface area contributed by atoms with E-state index in [1.807, 2.05) is 48.6 Å². The lowest BCUT2D eigenvalue weighted by Gasteiger charge is -2.23. The number of fused-ring (bicyclic) bond motifs is 1. The van der Waals surface area contributed by atoms with Gasteiger partial charge in [0.05, 0.1) is 11.2 Å². The Morgan fingerprint density at radius 1 is 1.14 bits per heavy atom. The molecule has 0 saturated heterocycles. The lowest BCUT2D eigenvalue weighted by molar-refractivity contribution is -0.134. The maximum atomic E-state index is 11.1. The number of carbonyl (C=O) groups is 3. The number of benzene rings is 1. The van der Waals surface area contributed by atoms with E-state index in [9.17, 15) is 14.4 Å². The molecule has 1 aromatic carbocycles. The lowest BCUT2D eigenvalue weighted by atomic mass is 10.2. The fourth-order valence-electron chi connectivity index (χ4n) is 2.40. The molecule has 2 N–H and O–H groups in total. The van der Waals surface area contributed by atoms with Gasteiger partial charge in [0, 0.05) is 42.0 Å². The average molecular weight is 402 g/mol. The number of aromatic nitrogens is 2. The Hall–Kier alpha value is -3.65. The molecule has 3 aromatic rings. The fraction of sp³-hybridized carbons (Fsp3) is 0.0526. The third-order valence-electron chi connectivity index (χ3n) is 3.60. The Morgan fingerprint density at radius 3 is 2.43 bits per heavy atom. The van der Waals surface area contributed by atoms with Crippen molar-refractivity contribution in [3.8, 4) is 0 Å². The fourth-order valence-corrected chi connectivity index (χ4v) is 2.57. The van der Waals surface area contributed by atoms with Gasteiger partial charge in [0.15, 0.2) is 6.29 Å². The number of hydrogen-bond donors (Lipinski definition) is 2. The summed E-state index contributed by atoms with van der Waals surface area (Å²) in [5.74, 6) is -2.51. The predicted octanol–water partition coefficient (Wildman–Crippen LogP) is 3.11. The van der Waals surface area contributed by atoms with Crippen LogP contribution in [-0.4, -0.2) is 45.1 Å². The molecule has 0 amide bonds. The van der Waals surface area contributed by atoms with Crippen LogP contribution in [0.1, 0.15) is 10.5 Å². The average Bonchev–Trinajstić information content (AvgIpc) is 3.14. The summed E-state index contributed by atoms with van der Waals surface area (Å²) in [7, 11) is 1.90. The van der Waals surface area contributed by atoms with Crippen molar-refractivity contribution in [3.05, 3.63) is 71.7 Å². The number of aliphatic carboxylic acids is 2.